The lowest BCUT2D eigenvalue weighted by molar-refractivity contribution is 0.817. The Morgan fingerprint density at radius 3 is 2.83 bits per heavy atom. The number of allylic oxidation sites excluding steroid dienone is 3. The second-order valence-corrected chi connectivity index (χ2v) is 6.19. The van der Waals surface area contributed by atoms with Crippen LogP contribution >= 0.6 is 0 Å². The molecular weight excluding hydrogens is 292 g/mol. The molecule has 0 radical (unpaired) electrons. The second kappa shape index (κ2) is 7.19. The highest BCUT2D eigenvalue weighted by atomic mass is 14.8. The van der Waals surface area contributed by atoms with Crippen LogP contribution in [0.3, 0.4) is 0 Å². The smallest absolute Gasteiger partial charge is 0.117 e. The molecule has 120 valence electrons. The van der Waals surface area contributed by atoms with Crippen molar-refractivity contribution in [3.05, 3.63) is 82.6 Å². The third-order valence-corrected chi connectivity index (χ3v) is 4.76. The molecule has 2 aromatic carbocycles. The summed E-state index contributed by atoms with van der Waals surface area (Å²) in [4.78, 5) is 0. The van der Waals surface area contributed by atoms with E-state index in [4.69, 9.17) is 0 Å². The number of benzene rings is 2. The van der Waals surface area contributed by atoms with Crippen molar-refractivity contribution >= 4 is 11.6 Å². The summed E-state index contributed by atoms with van der Waals surface area (Å²) in [5, 5.41) is 12.1. The van der Waals surface area contributed by atoms with Crippen LogP contribution in [0.4, 0.5) is 0 Å². The number of hydrogen-bond donors (Lipinski definition) is 1. The topological polar surface area (TPSA) is 35.8 Å². The summed E-state index contributed by atoms with van der Waals surface area (Å²) in [5.41, 5.74) is 6.78. The van der Waals surface area contributed by atoms with E-state index in [1.165, 1.54) is 29.5 Å². The molecule has 3 rings (SSSR count). The molecule has 0 saturated carbocycles. The maximum Gasteiger partial charge on any atom is 0.117 e. The number of aryl methyl sites for hydroxylation is 1. The van der Waals surface area contributed by atoms with Gasteiger partial charge in [0.2, 0.25) is 0 Å². The van der Waals surface area contributed by atoms with Gasteiger partial charge in [0.1, 0.15) is 11.8 Å². The summed E-state index contributed by atoms with van der Waals surface area (Å²) < 4.78 is 0. The van der Waals surface area contributed by atoms with Crippen LogP contribution in [0.5, 0.6) is 0 Å². The Bertz CT molecular complexity index is 837. The highest BCUT2D eigenvalue weighted by Crippen LogP contribution is 2.34. The minimum atomic E-state index is 0.508. The molecule has 1 aliphatic carbocycles. The van der Waals surface area contributed by atoms with E-state index in [1.54, 1.807) is 7.05 Å². The van der Waals surface area contributed by atoms with Gasteiger partial charge in [0.05, 0.1) is 0 Å². The van der Waals surface area contributed by atoms with Gasteiger partial charge in [-0.1, -0.05) is 54.6 Å². The zero-order chi connectivity index (χ0) is 16.9. The molecule has 0 heterocycles. The van der Waals surface area contributed by atoms with Crippen molar-refractivity contribution in [3.8, 4) is 6.07 Å². The molecule has 24 heavy (non-hydrogen) atoms. The van der Waals surface area contributed by atoms with Gasteiger partial charge in [-0.2, -0.15) is 5.26 Å². The van der Waals surface area contributed by atoms with Gasteiger partial charge in [-0.3, -0.25) is 0 Å². The average Bonchev–Trinajstić information content (AvgIpc) is 3.04. The number of nitriles is 1. The highest BCUT2D eigenvalue weighted by molar-refractivity contribution is 5.71. The lowest BCUT2D eigenvalue weighted by Gasteiger charge is -2.08. The van der Waals surface area contributed by atoms with Gasteiger partial charge in [0.15, 0.2) is 0 Å². The molecule has 1 unspecified atom stereocenters. The van der Waals surface area contributed by atoms with Crippen molar-refractivity contribution in [2.75, 3.05) is 7.05 Å². The molecule has 0 fully saturated rings. The molecule has 2 nitrogen and oxygen atoms in total. The molecule has 1 N–H and O–H groups in total. The third kappa shape index (κ3) is 3.26. The number of nitrogens with zero attached hydrogens (tertiary/aromatic N) is 1. The maximum absolute atomic E-state index is 9.18. The molecule has 0 spiro atoms. The quantitative estimate of drug-likeness (QED) is 0.814. The van der Waals surface area contributed by atoms with Gasteiger partial charge in [-0.15, -0.1) is 0 Å². The van der Waals surface area contributed by atoms with Crippen LogP contribution < -0.4 is 5.32 Å². The van der Waals surface area contributed by atoms with E-state index in [0.29, 0.717) is 11.6 Å². The van der Waals surface area contributed by atoms with E-state index in [0.717, 1.165) is 11.1 Å². The van der Waals surface area contributed by atoms with E-state index in [-0.39, 0.29) is 0 Å². The fourth-order valence-electron chi connectivity index (χ4n) is 3.36. The van der Waals surface area contributed by atoms with E-state index in [1.807, 2.05) is 19.1 Å². The monoisotopic (exact) mass is 314 g/mol. The SMILES string of the molecule is CN/C(C#N)=C(\C)c1cccc(/C=C/C2CCc3ccccc32)c1. The Morgan fingerprint density at radius 2 is 2.04 bits per heavy atom. The van der Waals surface area contributed by atoms with Gasteiger partial charge in [0, 0.05) is 13.0 Å². The van der Waals surface area contributed by atoms with Crippen LogP contribution in [0.2, 0.25) is 0 Å². The Kier molecular flexibility index (Phi) is 4.82. The first-order chi connectivity index (χ1) is 11.7. The lowest BCUT2D eigenvalue weighted by Crippen LogP contribution is -2.05. The van der Waals surface area contributed by atoms with Gasteiger partial charge in [-0.05, 0) is 53.7 Å². The largest absolute Gasteiger partial charge is 0.379 e. The number of hydrogen-bond acceptors (Lipinski definition) is 2. The van der Waals surface area contributed by atoms with Crippen LogP contribution in [-0.4, -0.2) is 7.05 Å². The normalized spacial score (nSPS) is 17.3. The Morgan fingerprint density at radius 1 is 1.21 bits per heavy atom. The summed E-state index contributed by atoms with van der Waals surface area (Å²) >= 11 is 0. The van der Waals surface area contributed by atoms with Crippen molar-refractivity contribution in [2.24, 2.45) is 0 Å². The van der Waals surface area contributed by atoms with Crippen molar-refractivity contribution in [1.82, 2.24) is 5.32 Å². The molecule has 0 amide bonds. The summed E-state index contributed by atoms with van der Waals surface area (Å²) in [5.74, 6) is 0.508. The standard InChI is InChI=1S/C22H22N2/c1-16(22(15-23)24-2)20-8-5-6-17(14-20)10-11-19-13-12-18-7-3-4-9-21(18)19/h3-11,14,19,24H,12-13H2,1-2H3/b11-10+,22-16+. The molecule has 0 aliphatic heterocycles. The molecular formula is C22H22N2. The fourth-order valence-corrected chi connectivity index (χ4v) is 3.36. The van der Waals surface area contributed by atoms with Crippen molar-refractivity contribution < 1.29 is 0 Å². The minimum absolute atomic E-state index is 0.508. The average molecular weight is 314 g/mol. The maximum atomic E-state index is 9.18. The highest BCUT2D eigenvalue weighted by Gasteiger charge is 2.18. The first kappa shape index (κ1) is 16.1. The minimum Gasteiger partial charge on any atom is -0.379 e. The van der Waals surface area contributed by atoms with Crippen molar-refractivity contribution in [2.45, 2.75) is 25.7 Å². The third-order valence-electron chi connectivity index (χ3n) is 4.76. The van der Waals surface area contributed by atoms with Crippen LogP contribution in [0.1, 0.15) is 41.5 Å². The summed E-state index contributed by atoms with van der Waals surface area (Å²) in [7, 11) is 1.78. The van der Waals surface area contributed by atoms with Gasteiger partial charge < -0.3 is 5.32 Å². The molecule has 0 bridgehead atoms. The van der Waals surface area contributed by atoms with Crippen LogP contribution in [0.15, 0.2) is 60.3 Å². The summed E-state index contributed by atoms with van der Waals surface area (Å²) in [6.45, 7) is 1.98. The van der Waals surface area contributed by atoms with Crippen LogP contribution in [-0.2, 0) is 6.42 Å². The van der Waals surface area contributed by atoms with E-state index >= 15 is 0 Å². The van der Waals surface area contributed by atoms with E-state index in [2.05, 4.69) is 59.9 Å². The molecule has 2 heteroatoms. The summed E-state index contributed by atoms with van der Waals surface area (Å²) in [6, 6.07) is 19.3. The molecule has 2 aromatic rings. The zero-order valence-electron chi connectivity index (χ0n) is 14.2. The van der Waals surface area contributed by atoms with Crippen molar-refractivity contribution in [3.63, 3.8) is 0 Å². The van der Waals surface area contributed by atoms with Gasteiger partial charge in [0.25, 0.3) is 0 Å². The van der Waals surface area contributed by atoms with E-state index in [9.17, 15) is 5.26 Å². The number of fused-ring (bicyclic) bond motifs is 1. The van der Waals surface area contributed by atoms with Crippen LogP contribution in [0.25, 0.3) is 11.6 Å². The predicted octanol–water partition coefficient (Wildman–Crippen LogP) is 4.90. The second-order valence-electron chi connectivity index (χ2n) is 6.19. The zero-order valence-corrected chi connectivity index (χ0v) is 14.2. The molecule has 0 aromatic heterocycles. The number of nitrogens with one attached hydrogen (secondary N) is 1. The molecule has 1 aliphatic rings. The first-order valence-corrected chi connectivity index (χ1v) is 8.38. The number of rotatable bonds is 4. The van der Waals surface area contributed by atoms with Crippen LogP contribution in [0, 0.1) is 11.3 Å². The summed E-state index contributed by atoms with van der Waals surface area (Å²) in [6.07, 6.45) is 6.87. The molecule has 1 atom stereocenters. The lowest BCUT2D eigenvalue weighted by atomic mass is 9.98. The van der Waals surface area contributed by atoms with Crippen molar-refractivity contribution in [1.29, 1.82) is 5.26 Å². The Hall–Kier alpha value is -2.79. The fraction of sp³-hybridized carbons (Fsp3) is 0.227. The Balaban J connectivity index is 1.84. The van der Waals surface area contributed by atoms with Gasteiger partial charge in [-0.25, -0.2) is 0 Å². The first-order valence-electron chi connectivity index (χ1n) is 8.38. The predicted molar refractivity (Wildman–Crippen MR) is 100 cm³/mol. The van der Waals surface area contributed by atoms with E-state index < -0.39 is 0 Å². The van der Waals surface area contributed by atoms with Gasteiger partial charge >= 0.3 is 0 Å². The Labute approximate surface area is 144 Å². The molecule has 0 saturated heterocycles.